The number of amides is 1. The molecular weight excluding hydrogens is 332 g/mol. The normalized spacial score (nSPS) is 9.76. The molecule has 21 heavy (non-hydrogen) atoms. The van der Waals surface area contributed by atoms with Crippen LogP contribution < -0.4 is 10.6 Å². The highest BCUT2D eigenvalue weighted by atomic mass is 79.9. The monoisotopic (exact) mass is 344 g/mol. The lowest BCUT2D eigenvalue weighted by Gasteiger charge is -2.08. The van der Waals surface area contributed by atoms with Crippen molar-refractivity contribution in [2.24, 2.45) is 0 Å². The van der Waals surface area contributed by atoms with Crippen LogP contribution in [0.4, 0.5) is 11.5 Å². The molecule has 0 fully saturated rings. The van der Waals surface area contributed by atoms with Crippen LogP contribution in [0.25, 0.3) is 0 Å². The number of anilines is 2. The molecule has 2 N–H and O–H groups in total. The summed E-state index contributed by atoms with van der Waals surface area (Å²) in [5.41, 5.74) is 1.14. The maximum atomic E-state index is 12.2. The second kappa shape index (κ2) is 6.86. The van der Waals surface area contributed by atoms with Crippen LogP contribution in [-0.4, -0.2) is 17.4 Å². The third-order valence-corrected chi connectivity index (χ3v) is 3.18. The molecule has 0 aliphatic carbocycles. The minimum Gasteiger partial charge on any atom is -0.370 e. The molecule has 2 rings (SSSR count). The highest BCUT2D eigenvalue weighted by Gasteiger charge is 2.11. The second-order valence-electron chi connectivity index (χ2n) is 4.19. The zero-order valence-corrected chi connectivity index (χ0v) is 12.9. The first-order chi connectivity index (χ1) is 10.1. The molecule has 5 nitrogen and oxygen atoms in total. The fourth-order valence-corrected chi connectivity index (χ4v) is 2.11. The predicted octanol–water partition coefficient (Wildman–Crippen LogP) is 3.40. The Bertz CT molecular complexity index is 709. The number of nitrogens with zero attached hydrogens (tertiary/aromatic N) is 2. The van der Waals surface area contributed by atoms with Crippen molar-refractivity contribution in [2.45, 2.75) is 6.92 Å². The second-order valence-corrected chi connectivity index (χ2v) is 5.11. The van der Waals surface area contributed by atoms with Gasteiger partial charge in [0, 0.05) is 11.0 Å². The molecule has 0 spiro atoms. The Labute approximate surface area is 131 Å². The van der Waals surface area contributed by atoms with E-state index in [-0.39, 0.29) is 5.91 Å². The molecule has 2 aromatic rings. The highest BCUT2D eigenvalue weighted by Crippen LogP contribution is 2.20. The SMILES string of the molecule is CCNc1cccc(C(=O)Nc2ccc(Br)cc2C#N)n1. The van der Waals surface area contributed by atoms with E-state index in [2.05, 4.69) is 31.5 Å². The minimum atomic E-state index is -0.353. The Hall–Kier alpha value is -2.39. The van der Waals surface area contributed by atoms with Gasteiger partial charge in [0.15, 0.2) is 0 Å². The van der Waals surface area contributed by atoms with Crippen molar-refractivity contribution in [3.8, 4) is 6.07 Å². The molecule has 0 saturated carbocycles. The molecule has 0 aliphatic rings. The number of aromatic nitrogens is 1. The van der Waals surface area contributed by atoms with E-state index in [0.717, 1.165) is 11.0 Å². The number of nitriles is 1. The molecular formula is C15H13BrN4O. The topological polar surface area (TPSA) is 77.8 Å². The summed E-state index contributed by atoms with van der Waals surface area (Å²) in [4.78, 5) is 16.4. The van der Waals surface area contributed by atoms with Crippen LogP contribution in [0.1, 0.15) is 23.0 Å². The van der Waals surface area contributed by atoms with E-state index in [0.29, 0.717) is 22.8 Å². The van der Waals surface area contributed by atoms with Crippen molar-refractivity contribution < 1.29 is 4.79 Å². The van der Waals surface area contributed by atoms with E-state index in [9.17, 15) is 4.79 Å². The number of carbonyl (C=O) groups excluding carboxylic acids is 1. The van der Waals surface area contributed by atoms with Crippen LogP contribution in [0.3, 0.4) is 0 Å². The van der Waals surface area contributed by atoms with Gasteiger partial charge in [-0.15, -0.1) is 0 Å². The summed E-state index contributed by atoms with van der Waals surface area (Å²) in [6.45, 7) is 2.68. The number of hydrogen-bond acceptors (Lipinski definition) is 4. The van der Waals surface area contributed by atoms with Gasteiger partial charge in [-0.25, -0.2) is 4.98 Å². The van der Waals surface area contributed by atoms with E-state index in [1.54, 1.807) is 36.4 Å². The molecule has 1 aromatic carbocycles. The van der Waals surface area contributed by atoms with Gasteiger partial charge in [-0.3, -0.25) is 4.79 Å². The predicted molar refractivity (Wildman–Crippen MR) is 85.2 cm³/mol. The lowest BCUT2D eigenvalue weighted by atomic mass is 10.2. The van der Waals surface area contributed by atoms with Crippen molar-refractivity contribution in [1.82, 2.24) is 4.98 Å². The molecule has 1 amide bonds. The third kappa shape index (κ3) is 3.80. The summed E-state index contributed by atoms with van der Waals surface area (Å²) in [6, 6.07) is 12.3. The number of nitrogens with one attached hydrogen (secondary N) is 2. The molecule has 0 unspecified atom stereocenters. The van der Waals surface area contributed by atoms with Crippen LogP contribution in [0.5, 0.6) is 0 Å². The van der Waals surface area contributed by atoms with Gasteiger partial charge in [-0.05, 0) is 37.3 Å². The highest BCUT2D eigenvalue weighted by molar-refractivity contribution is 9.10. The van der Waals surface area contributed by atoms with Gasteiger partial charge in [-0.1, -0.05) is 22.0 Å². The van der Waals surface area contributed by atoms with E-state index < -0.39 is 0 Å². The maximum Gasteiger partial charge on any atom is 0.274 e. The van der Waals surface area contributed by atoms with Gasteiger partial charge in [0.05, 0.1) is 11.3 Å². The molecule has 1 heterocycles. The fraction of sp³-hybridized carbons (Fsp3) is 0.133. The summed E-state index contributed by atoms with van der Waals surface area (Å²) in [7, 11) is 0. The summed E-state index contributed by atoms with van der Waals surface area (Å²) in [5, 5.41) is 14.8. The lowest BCUT2D eigenvalue weighted by Crippen LogP contribution is -2.15. The molecule has 0 saturated heterocycles. The van der Waals surface area contributed by atoms with Crippen molar-refractivity contribution in [1.29, 1.82) is 5.26 Å². The molecule has 0 aliphatic heterocycles. The van der Waals surface area contributed by atoms with Crippen LogP contribution in [0.2, 0.25) is 0 Å². The molecule has 106 valence electrons. The van der Waals surface area contributed by atoms with Crippen molar-refractivity contribution in [3.05, 3.63) is 52.1 Å². The lowest BCUT2D eigenvalue weighted by molar-refractivity contribution is 0.102. The summed E-state index contributed by atoms with van der Waals surface area (Å²) >= 11 is 3.29. The largest absolute Gasteiger partial charge is 0.370 e. The van der Waals surface area contributed by atoms with Gasteiger partial charge >= 0.3 is 0 Å². The van der Waals surface area contributed by atoms with Crippen LogP contribution >= 0.6 is 15.9 Å². The smallest absolute Gasteiger partial charge is 0.274 e. The number of carbonyl (C=O) groups is 1. The van der Waals surface area contributed by atoms with Gasteiger partial charge in [0.1, 0.15) is 17.6 Å². The van der Waals surface area contributed by atoms with Crippen molar-refractivity contribution in [3.63, 3.8) is 0 Å². The number of benzene rings is 1. The number of halogens is 1. The Morgan fingerprint density at radius 2 is 2.19 bits per heavy atom. The van der Waals surface area contributed by atoms with Crippen molar-refractivity contribution in [2.75, 3.05) is 17.2 Å². The summed E-state index contributed by atoms with van der Waals surface area (Å²) < 4.78 is 0.782. The molecule has 6 heteroatoms. The molecule has 0 radical (unpaired) electrons. The van der Waals surface area contributed by atoms with Gasteiger partial charge < -0.3 is 10.6 Å². The molecule has 0 atom stereocenters. The van der Waals surface area contributed by atoms with E-state index in [1.807, 2.05) is 13.0 Å². The van der Waals surface area contributed by atoms with Gasteiger partial charge in [0.25, 0.3) is 5.91 Å². The standard InChI is InChI=1S/C15H13BrN4O/c1-2-18-14-5-3-4-13(19-14)15(21)20-12-7-6-11(16)8-10(12)9-17/h3-8H,2H2,1H3,(H,18,19)(H,20,21). The first-order valence-corrected chi connectivity index (χ1v) is 7.15. The van der Waals surface area contributed by atoms with Crippen LogP contribution in [-0.2, 0) is 0 Å². The Morgan fingerprint density at radius 3 is 2.90 bits per heavy atom. The average molecular weight is 345 g/mol. The minimum absolute atomic E-state index is 0.292. The Morgan fingerprint density at radius 1 is 1.38 bits per heavy atom. The molecule has 1 aromatic heterocycles. The van der Waals surface area contributed by atoms with E-state index in [1.165, 1.54) is 0 Å². The zero-order chi connectivity index (χ0) is 15.2. The van der Waals surface area contributed by atoms with Gasteiger partial charge in [0.2, 0.25) is 0 Å². The fourth-order valence-electron chi connectivity index (χ4n) is 1.75. The number of hydrogen-bond donors (Lipinski definition) is 2. The van der Waals surface area contributed by atoms with E-state index in [4.69, 9.17) is 5.26 Å². The maximum absolute atomic E-state index is 12.2. The first kappa shape index (κ1) is 15.0. The summed E-state index contributed by atoms with van der Waals surface area (Å²) in [6.07, 6.45) is 0. The zero-order valence-electron chi connectivity index (χ0n) is 11.4. The van der Waals surface area contributed by atoms with E-state index >= 15 is 0 Å². The molecule has 0 bridgehead atoms. The van der Waals surface area contributed by atoms with Crippen LogP contribution in [0, 0.1) is 11.3 Å². The first-order valence-electron chi connectivity index (χ1n) is 6.36. The number of pyridine rings is 1. The summed E-state index contributed by atoms with van der Waals surface area (Å²) in [5.74, 6) is 0.287. The Kier molecular flexibility index (Phi) is 4.90. The average Bonchev–Trinajstić information content (AvgIpc) is 2.49. The third-order valence-electron chi connectivity index (χ3n) is 2.69. The Balaban J connectivity index is 2.22. The van der Waals surface area contributed by atoms with Crippen LogP contribution in [0.15, 0.2) is 40.9 Å². The van der Waals surface area contributed by atoms with Gasteiger partial charge in [-0.2, -0.15) is 5.26 Å². The van der Waals surface area contributed by atoms with Crippen molar-refractivity contribution >= 4 is 33.3 Å². The number of rotatable bonds is 4. The quantitative estimate of drug-likeness (QED) is 0.890.